The van der Waals surface area contributed by atoms with E-state index in [4.69, 9.17) is 21.8 Å². The van der Waals surface area contributed by atoms with Crippen molar-refractivity contribution in [2.24, 2.45) is 10.7 Å². The minimum absolute atomic E-state index is 0.238. The Bertz CT molecular complexity index is 1050. The van der Waals surface area contributed by atoms with E-state index in [1.54, 1.807) is 25.6 Å². The molecule has 0 fully saturated rings. The molecule has 2 N–H and O–H groups in total. The quantitative estimate of drug-likeness (QED) is 0.699. The molecule has 10 heteroatoms. The minimum Gasteiger partial charge on any atom is -0.443 e. The number of aromatic nitrogens is 2. The van der Waals surface area contributed by atoms with Crippen molar-refractivity contribution in [1.29, 1.82) is 0 Å². The van der Waals surface area contributed by atoms with Gasteiger partial charge < -0.3 is 10.2 Å². The predicted octanol–water partition coefficient (Wildman–Crippen LogP) is 3.26. The normalized spacial score (nSPS) is 22.7. The molecule has 3 aromatic heterocycles. The second-order valence-corrected chi connectivity index (χ2v) is 9.26. The summed E-state index contributed by atoms with van der Waals surface area (Å²) in [5.74, 6) is 1.20. The topological polar surface area (TPSA) is 97.6 Å². The lowest BCUT2D eigenvalue weighted by atomic mass is 10.0. The maximum Gasteiger partial charge on any atom is 0.204 e. The van der Waals surface area contributed by atoms with Gasteiger partial charge >= 0.3 is 0 Å². The van der Waals surface area contributed by atoms with Crippen molar-refractivity contribution in [3.63, 3.8) is 0 Å². The maximum atomic E-state index is 12.4. The van der Waals surface area contributed by atoms with Gasteiger partial charge in [-0.15, -0.1) is 11.3 Å². The Morgan fingerprint density at radius 2 is 2.07 bits per heavy atom. The monoisotopic (exact) mass is 421 g/mol. The van der Waals surface area contributed by atoms with Crippen LogP contribution in [0, 0.1) is 0 Å². The van der Waals surface area contributed by atoms with E-state index in [0.29, 0.717) is 16.5 Å². The van der Waals surface area contributed by atoms with Crippen LogP contribution in [0.3, 0.4) is 0 Å². The van der Waals surface area contributed by atoms with Gasteiger partial charge in [0.25, 0.3) is 0 Å². The fourth-order valence-electron chi connectivity index (χ4n) is 2.86. The van der Waals surface area contributed by atoms with E-state index in [9.17, 15) is 4.21 Å². The van der Waals surface area contributed by atoms with Gasteiger partial charge in [0.15, 0.2) is 12.2 Å². The molecule has 4 rings (SSSR count). The molecule has 0 saturated carbocycles. The van der Waals surface area contributed by atoms with Crippen LogP contribution in [0.5, 0.6) is 0 Å². The molecule has 27 heavy (non-hydrogen) atoms. The van der Waals surface area contributed by atoms with Crippen molar-refractivity contribution in [3.8, 4) is 21.8 Å². The largest absolute Gasteiger partial charge is 0.443 e. The Hall–Kier alpha value is -2.23. The van der Waals surface area contributed by atoms with E-state index < -0.39 is 16.5 Å². The number of hydrogen-bond donors (Lipinski definition) is 1. The van der Waals surface area contributed by atoms with Gasteiger partial charge in [-0.05, 0) is 19.1 Å². The molecule has 140 valence electrons. The van der Waals surface area contributed by atoms with E-state index in [2.05, 4.69) is 15.0 Å². The van der Waals surface area contributed by atoms with Crippen LogP contribution < -0.4 is 5.73 Å². The Morgan fingerprint density at radius 1 is 1.30 bits per heavy atom. The van der Waals surface area contributed by atoms with Crippen LogP contribution >= 0.6 is 22.9 Å². The van der Waals surface area contributed by atoms with Gasteiger partial charge in [-0.3, -0.25) is 9.29 Å². The molecule has 0 saturated heterocycles. The molecule has 0 aliphatic carbocycles. The van der Waals surface area contributed by atoms with Crippen molar-refractivity contribution < 1.29 is 8.63 Å². The molecular weight excluding hydrogens is 406 g/mol. The number of guanidine groups is 1. The second-order valence-electron chi connectivity index (χ2n) is 6.32. The van der Waals surface area contributed by atoms with Crippen LogP contribution in [0.4, 0.5) is 0 Å². The number of thiophene rings is 1. The van der Waals surface area contributed by atoms with Crippen LogP contribution in [0.15, 0.2) is 46.5 Å². The van der Waals surface area contributed by atoms with E-state index in [0.717, 1.165) is 20.9 Å². The Morgan fingerprint density at radius 3 is 2.78 bits per heavy atom. The predicted molar refractivity (Wildman–Crippen MR) is 108 cm³/mol. The Kier molecular flexibility index (Phi) is 4.53. The van der Waals surface area contributed by atoms with Crippen LogP contribution in [0.1, 0.15) is 11.8 Å². The number of nitrogens with zero attached hydrogens (tertiary/aromatic N) is 4. The van der Waals surface area contributed by atoms with Crippen LogP contribution in [-0.2, 0) is 16.5 Å². The maximum absolute atomic E-state index is 12.4. The lowest BCUT2D eigenvalue weighted by molar-refractivity contribution is 0.524. The van der Waals surface area contributed by atoms with E-state index in [1.165, 1.54) is 22.0 Å². The lowest BCUT2D eigenvalue weighted by Crippen LogP contribution is -2.47. The number of hydrogen-bond acceptors (Lipinski definition) is 7. The molecule has 1 aliphatic heterocycles. The average molecular weight is 422 g/mol. The van der Waals surface area contributed by atoms with Gasteiger partial charge in [-0.25, -0.2) is 14.2 Å². The van der Waals surface area contributed by atoms with Gasteiger partial charge in [0.1, 0.15) is 16.5 Å². The zero-order valence-corrected chi connectivity index (χ0v) is 16.9. The molecule has 7 nitrogen and oxygen atoms in total. The molecular formula is C17H16ClN5O2S2. The third-order valence-electron chi connectivity index (χ3n) is 4.31. The van der Waals surface area contributed by atoms with E-state index >= 15 is 0 Å². The fraction of sp³-hybridized carbons (Fsp3) is 0.235. The Balaban J connectivity index is 1.75. The summed E-state index contributed by atoms with van der Waals surface area (Å²) >= 11 is 8.02. The van der Waals surface area contributed by atoms with E-state index in [-0.39, 0.29) is 5.96 Å². The van der Waals surface area contributed by atoms with Crippen LogP contribution in [0.2, 0.25) is 5.02 Å². The first kappa shape index (κ1) is 18.1. The summed E-state index contributed by atoms with van der Waals surface area (Å²) in [6.07, 6.45) is 6.50. The second kappa shape index (κ2) is 6.74. The highest BCUT2D eigenvalue weighted by Crippen LogP contribution is 2.44. The molecule has 0 bridgehead atoms. The number of nitrogens with two attached hydrogens (primary N) is 1. The third-order valence-corrected chi connectivity index (χ3v) is 7.76. The van der Waals surface area contributed by atoms with Crippen LogP contribution in [-0.4, -0.2) is 37.2 Å². The van der Waals surface area contributed by atoms with Crippen molar-refractivity contribution >= 4 is 39.9 Å². The van der Waals surface area contributed by atoms with Gasteiger partial charge in [-0.2, -0.15) is 0 Å². The number of pyridine rings is 1. The van der Waals surface area contributed by atoms with Gasteiger partial charge in [0.05, 0.1) is 21.8 Å². The standard InChI is InChI=1S/C17H16ClN5O2S2/c1-17(8-27(24)23(2)16(19)22-17)15-12(18)4-14(26-15)11-3-10(5-20-6-11)13-7-21-9-25-13/h3-7,9H,8H2,1-2H3,(H2,19,22)/t17-,27?/m0/s1. The molecule has 0 spiro atoms. The molecule has 1 unspecified atom stereocenters. The molecule has 2 atom stereocenters. The molecule has 0 aromatic carbocycles. The highest BCUT2D eigenvalue weighted by atomic mass is 35.5. The number of halogens is 1. The summed E-state index contributed by atoms with van der Waals surface area (Å²) in [4.78, 5) is 14.5. The van der Waals surface area contributed by atoms with Crippen molar-refractivity contribution in [3.05, 3.63) is 47.0 Å². The zero-order valence-electron chi connectivity index (χ0n) is 14.5. The van der Waals surface area contributed by atoms with Crippen molar-refractivity contribution in [2.75, 3.05) is 12.8 Å². The van der Waals surface area contributed by atoms with Gasteiger partial charge in [-0.1, -0.05) is 11.6 Å². The van der Waals surface area contributed by atoms with E-state index in [1.807, 2.05) is 19.1 Å². The van der Waals surface area contributed by atoms with Crippen molar-refractivity contribution in [1.82, 2.24) is 14.3 Å². The van der Waals surface area contributed by atoms with Crippen LogP contribution in [0.25, 0.3) is 21.8 Å². The summed E-state index contributed by atoms with van der Waals surface area (Å²) in [6, 6.07) is 3.84. The average Bonchev–Trinajstić information content (AvgIpc) is 3.30. The molecule has 4 heterocycles. The summed E-state index contributed by atoms with van der Waals surface area (Å²) < 4.78 is 19.2. The summed E-state index contributed by atoms with van der Waals surface area (Å²) in [5.41, 5.74) is 6.93. The number of rotatable bonds is 3. The summed E-state index contributed by atoms with van der Waals surface area (Å²) in [6.45, 7) is 1.90. The first-order valence-corrected chi connectivity index (χ1v) is 10.5. The molecule has 1 aliphatic rings. The third kappa shape index (κ3) is 3.26. The highest BCUT2D eigenvalue weighted by Gasteiger charge is 2.38. The number of oxazole rings is 1. The van der Waals surface area contributed by atoms with Gasteiger partial charge in [0.2, 0.25) is 5.96 Å². The summed E-state index contributed by atoms with van der Waals surface area (Å²) in [5, 5.41) is 0.570. The molecule has 3 aromatic rings. The highest BCUT2D eigenvalue weighted by molar-refractivity contribution is 7.83. The lowest BCUT2D eigenvalue weighted by Gasteiger charge is -2.33. The molecule has 0 radical (unpaired) electrons. The van der Waals surface area contributed by atoms with Gasteiger partial charge in [0, 0.05) is 35.4 Å². The smallest absolute Gasteiger partial charge is 0.204 e. The van der Waals surface area contributed by atoms with Crippen molar-refractivity contribution in [2.45, 2.75) is 12.5 Å². The SMILES string of the molecule is CN1C(N)=N[C@](C)(c2sc(-c3cncc(-c4cnco4)c3)cc2Cl)CS1=O. The molecule has 0 amide bonds. The summed E-state index contributed by atoms with van der Waals surface area (Å²) in [7, 11) is 0.405. The Labute approximate surface area is 167 Å². The first-order valence-electron chi connectivity index (χ1n) is 7.99. The minimum atomic E-state index is -1.26. The zero-order chi connectivity index (χ0) is 19.2. The fourth-order valence-corrected chi connectivity index (χ4v) is 5.70. The number of aliphatic imine (C=N–C) groups is 1. The first-order chi connectivity index (χ1) is 12.9.